The monoisotopic (exact) mass is 485 g/mol. The number of carbonyl (C=O) groups is 2. The fourth-order valence-electron chi connectivity index (χ4n) is 4.47. The Morgan fingerprint density at radius 1 is 1.03 bits per heavy atom. The standard InChI is InChI=1S/C28H24ClN3O3/c1-17-4-10-22(11-5-17)32-27(33)15-21(30-32)14-24-18(2)31(26-13-12-23(35-3)16-25(24)26)28(34)19-6-8-20(29)9-7-19/h4-13,16H,14-15H2,1-3H3. The molecular formula is C28H24ClN3O3. The van der Waals surface area contributed by atoms with Gasteiger partial charge in [0.25, 0.3) is 11.8 Å². The number of amides is 1. The molecule has 7 heteroatoms. The lowest BCUT2D eigenvalue weighted by molar-refractivity contribution is -0.116. The molecule has 1 aliphatic heterocycles. The number of halogens is 1. The molecule has 0 bridgehead atoms. The highest BCUT2D eigenvalue weighted by molar-refractivity contribution is 6.30. The highest BCUT2D eigenvalue weighted by Gasteiger charge is 2.28. The van der Waals surface area contributed by atoms with Crippen molar-refractivity contribution in [1.29, 1.82) is 0 Å². The van der Waals surface area contributed by atoms with Crippen LogP contribution < -0.4 is 9.75 Å². The van der Waals surface area contributed by atoms with E-state index in [-0.39, 0.29) is 18.2 Å². The minimum absolute atomic E-state index is 0.0694. The molecule has 1 aliphatic rings. The number of aromatic nitrogens is 1. The lowest BCUT2D eigenvalue weighted by Gasteiger charge is -2.11. The molecule has 0 N–H and O–H groups in total. The predicted molar refractivity (Wildman–Crippen MR) is 139 cm³/mol. The summed E-state index contributed by atoms with van der Waals surface area (Å²) in [6.45, 7) is 3.92. The zero-order valence-electron chi connectivity index (χ0n) is 19.7. The third-order valence-corrected chi connectivity index (χ3v) is 6.58. The molecule has 0 atom stereocenters. The van der Waals surface area contributed by atoms with Crippen LogP contribution in [0.25, 0.3) is 10.9 Å². The fraction of sp³-hybridized carbons (Fsp3) is 0.179. The highest BCUT2D eigenvalue weighted by Crippen LogP contribution is 2.32. The minimum atomic E-state index is -0.147. The third kappa shape index (κ3) is 4.21. The Morgan fingerprint density at radius 3 is 2.43 bits per heavy atom. The third-order valence-electron chi connectivity index (χ3n) is 6.33. The predicted octanol–water partition coefficient (Wildman–Crippen LogP) is 5.94. The average molecular weight is 486 g/mol. The number of anilines is 1. The second-order valence-corrected chi connectivity index (χ2v) is 9.09. The van der Waals surface area contributed by atoms with E-state index in [2.05, 4.69) is 5.10 Å². The molecule has 0 aliphatic carbocycles. The topological polar surface area (TPSA) is 63.9 Å². The summed E-state index contributed by atoms with van der Waals surface area (Å²) in [5, 5.41) is 7.57. The summed E-state index contributed by atoms with van der Waals surface area (Å²) < 4.78 is 7.17. The van der Waals surface area contributed by atoms with E-state index in [0.717, 1.165) is 39.1 Å². The molecule has 1 amide bonds. The Morgan fingerprint density at radius 2 is 1.74 bits per heavy atom. The summed E-state index contributed by atoms with van der Waals surface area (Å²) in [5.41, 5.74) is 5.67. The van der Waals surface area contributed by atoms with Gasteiger partial charge in [-0.15, -0.1) is 0 Å². The molecule has 0 radical (unpaired) electrons. The maximum absolute atomic E-state index is 13.5. The van der Waals surface area contributed by atoms with E-state index < -0.39 is 0 Å². The molecule has 3 aromatic carbocycles. The molecule has 0 fully saturated rings. The van der Waals surface area contributed by atoms with Crippen LogP contribution in [0.1, 0.15) is 33.6 Å². The van der Waals surface area contributed by atoms with Gasteiger partial charge in [0.05, 0.1) is 30.4 Å². The van der Waals surface area contributed by atoms with Gasteiger partial charge in [0, 0.05) is 28.1 Å². The zero-order valence-corrected chi connectivity index (χ0v) is 20.5. The number of aryl methyl sites for hydroxylation is 1. The van der Waals surface area contributed by atoms with E-state index in [1.165, 1.54) is 5.01 Å². The van der Waals surface area contributed by atoms with Crippen LogP contribution in [0.2, 0.25) is 5.02 Å². The number of fused-ring (bicyclic) bond motifs is 1. The van der Waals surface area contributed by atoms with Crippen LogP contribution in [0, 0.1) is 13.8 Å². The molecule has 0 saturated heterocycles. The van der Waals surface area contributed by atoms with E-state index in [1.807, 2.05) is 56.3 Å². The van der Waals surface area contributed by atoms with Crippen molar-refractivity contribution in [3.05, 3.63) is 94.1 Å². The number of hydrogen-bond acceptors (Lipinski definition) is 4. The van der Waals surface area contributed by atoms with Crippen molar-refractivity contribution < 1.29 is 14.3 Å². The van der Waals surface area contributed by atoms with E-state index in [0.29, 0.717) is 22.8 Å². The molecule has 5 rings (SSSR count). The first kappa shape index (κ1) is 22.9. The minimum Gasteiger partial charge on any atom is -0.497 e. The molecule has 35 heavy (non-hydrogen) atoms. The number of nitrogens with zero attached hydrogens (tertiary/aromatic N) is 3. The van der Waals surface area contributed by atoms with Gasteiger partial charge < -0.3 is 4.74 Å². The molecule has 0 unspecified atom stereocenters. The summed E-state index contributed by atoms with van der Waals surface area (Å²) in [5.74, 6) is 0.479. The van der Waals surface area contributed by atoms with Crippen molar-refractivity contribution in [3.8, 4) is 5.75 Å². The number of benzene rings is 3. The van der Waals surface area contributed by atoms with Crippen molar-refractivity contribution >= 4 is 45.7 Å². The number of ether oxygens (including phenoxy) is 1. The van der Waals surface area contributed by atoms with E-state index in [4.69, 9.17) is 16.3 Å². The van der Waals surface area contributed by atoms with Gasteiger partial charge in [-0.25, -0.2) is 5.01 Å². The molecule has 0 saturated carbocycles. The van der Waals surface area contributed by atoms with Gasteiger partial charge in [-0.05, 0) is 74.0 Å². The normalized spacial score (nSPS) is 13.4. The molecule has 2 heterocycles. The first-order valence-corrected chi connectivity index (χ1v) is 11.7. The van der Waals surface area contributed by atoms with Gasteiger partial charge in [-0.1, -0.05) is 29.3 Å². The molecule has 6 nitrogen and oxygen atoms in total. The summed E-state index contributed by atoms with van der Waals surface area (Å²) in [7, 11) is 1.61. The van der Waals surface area contributed by atoms with E-state index in [9.17, 15) is 9.59 Å². The van der Waals surface area contributed by atoms with Gasteiger partial charge in [0.15, 0.2) is 0 Å². The van der Waals surface area contributed by atoms with E-state index in [1.54, 1.807) is 35.9 Å². The Kier molecular flexibility index (Phi) is 5.91. The Labute approximate surface area is 208 Å². The Bertz CT molecular complexity index is 1480. The van der Waals surface area contributed by atoms with Crippen molar-refractivity contribution in [3.63, 3.8) is 0 Å². The van der Waals surface area contributed by atoms with Crippen molar-refractivity contribution in [2.45, 2.75) is 26.7 Å². The number of hydrogen-bond donors (Lipinski definition) is 0. The number of hydrazone groups is 1. The van der Waals surface area contributed by atoms with Crippen LogP contribution in [0.3, 0.4) is 0 Å². The van der Waals surface area contributed by atoms with Crippen LogP contribution in [-0.4, -0.2) is 29.2 Å². The van der Waals surface area contributed by atoms with Gasteiger partial charge in [-0.2, -0.15) is 5.10 Å². The lowest BCUT2D eigenvalue weighted by atomic mass is 10.0. The quantitative estimate of drug-likeness (QED) is 0.351. The largest absolute Gasteiger partial charge is 0.497 e. The van der Waals surface area contributed by atoms with Gasteiger partial charge >= 0.3 is 0 Å². The van der Waals surface area contributed by atoms with Crippen LogP contribution in [0.5, 0.6) is 5.75 Å². The first-order valence-electron chi connectivity index (χ1n) is 11.3. The Balaban J connectivity index is 1.57. The molecule has 0 spiro atoms. The van der Waals surface area contributed by atoms with Crippen LogP contribution in [0.4, 0.5) is 5.69 Å². The smallest absolute Gasteiger partial charge is 0.262 e. The summed E-state index contributed by atoms with van der Waals surface area (Å²) in [6.07, 6.45) is 0.680. The maximum Gasteiger partial charge on any atom is 0.262 e. The van der Waals surface area contributed by atoms with Crippen LogP contribution >= 0.6 is 11.6 Å². The second kappa shape index (κ2) is 9.04. The van der Waals surface area contributed by atoms with Gasteiger partial charge in [0.2, 0.25) is 0 Å². The van der Waals surface area contributed by atoms with Crippen molar-refractivity contribution in [2.75, 3.05) is 12.1 Å². The van der Waals surface area contributed by atoms with E-state index >= 15 is 0 Å². The summed E-state index contributed by atoms with van der Waals surface area (Å²) >= 11 is 6.02. The van der Waals surface area contributed by atoms with Gasteiger partial charge in [0.1, 0.15) is 5.75 Å². The van der Waals surface area contributed by atoms with Gasteiger partial charge in [-0.3, -0.25) is 14.2 Å². The zero-order chi connectivity index (χ0) is 24.7. The fourth-order valence-corrected chi connectivity index (χ4v) is 4.59. The highest BCUT2D eigenvalue weighted by atomic mass is 35.5. The number of rotatable bonds is 5. The summed E-state index contributed by atoms with van der Waals surface area (Å²) in [6, 6.07) is 20.2. The van der Waals surface area contributed by atoms with Crippen LogP contribution in [-0.2, 0) is 11.2 Å². The second-order valence-electron chi connectivity index (χ2n) is 8.66. The molecular weight excluding hydrogens is 462 g/mol. The first-order chi connectivity index (χ1) is 16.9. The maximum atomic E-state index is 13.5. The lowest BCUT2D eigenvalue weighted by Crippen LogP contribution is -2.19. The number of carbonyl (C=O) groups excluding carboxylic acids is 2. The SMILES string of the molecule is COc1ccc2c(c1)c(CC1=NN(c3ccc(C)cc3)C(=O)C1)c(C)n2C(=O)c1ccc(Cl)cc1. The Hall–Kier alpha value is -3.90. The van der Waals surface area contributed by atoms with Crippen molar-refractivity contribution in [2.24, 2.45) is 5.10 Å². The molecule has 1 aromatic heterocycles. The number of methoxy groups -OCH3 is 1. The van der Waals surface area contributed by atoms with Crippen LogP contribution in [0.15, 0.2) is 71.8 Å². The van der Waals surface area contributed by atoms with Crippen molar-refractivity contribution in [1.82, 2.24) is 4.57 Å². The summed E-state index contributed by atoms with van der Waals surface area (Å²) in [4.78, 5) is 26.3. The molecule has 176 valence electrons. The average Bonchev–Trinajstić information content (AvgIpc) is 3.36. The molecule has 4 aromatic rings.